The highest BCUT2D eigenvalue weighted by molar-refractivity contribution is 6.00. The maximum Gasteiger partial charge on any atom is 0.246 e. The summed E-state index contributed by atoms with van der Waals surface area (Å²) in [5, 5.41) is 7.25. The van der Waals surface area contributed by atoms with Crippen molar-refractivity contribution in [2.75, 3.05) is 11.9 Å². The lowest BCUT2D eigenvalue weighted by Gasteiger charge is -2.37. The van der Waals surface area contributed by atoms with Gasteiger partial charge in [0.25, 0.3) is 0 Å². The first-order chi connectivity index (χ1) is 14.7. The molecule has 2 atom stereocenters. The van der Waals surface area contributed by atoms with Gasteiger partial charge in [0.15, 0.2) is 5.78 Å². The van der Waals surface area contributed by atoms with Crippen LogP contribution in [0.25, 0.3) is 0 Å². The molecule has 0 bridgehead atoms. The molecule has 2 aliphatic rings. The zero-order valence-corrected chi connectivity index (χ0v) is 18.4. The molecule has 1 saturated heterocycles. The van der Waals surface area contributed by atoms with Gasteiger partial charge < -0.3 is 15.0 Å². The van der Waals surface area contributed by atoms with E-state index < -0.39 is 11.6 Å². The predicted octanol–water partition coefficient (Wildman–Crippen LogP) is 2.78. The number of hydrogen-bond donors (Lipinski definition) is 1. The third kappa shape index (κ3) is 3.82. The normalized spacial score (nSPS) is 22.0. The van der Waals surface area contributed by atoms with Crippen LogP contribution < -0.4 is 10.1 Å². The van der Waals surface area contributed by atoms with Gasteiger partial charge in [0.05, 0.1) is 29.1 Å². The molecule has 1 aromatic heterocycles. The molecule has 1 spiro atoms. The fourth-order valence-electron chi connectivity index (χ4n) is 4.51. The number of amides is 2. The molecule has 0 aliphatic carbocycles. The standard InChI is InChI=1S/C23H28N4O4/c1-14-21(15(2)26(4)25-14)24-22(30)16(3)27-12-11-23(10-9-20(27)29)13-18(28)17-7-5-6-8-19(17)31-23/h5-8,16H,9-13H2,1-4H3,(H,24,30)/t16-,23-/m1/s1. The van der Waals surface area contributed by atoms with E-state index in [4.69, 9.17) is 4.74 Å². The van der Waals surface area contributed by atoms with Crippen LogP contribution in [0.1, 0.15) is 54.4 Å². The highest BCUT2D eigenvalue weighted by Crippen LogP contribution is 2.39. The van der Waals surface area contributed by atoms with Gasteiger partial charge in [-0.3, -0.25) is 19.1 Å². The monoisotopic (exact) mass is 424 g/mol. The molecule has 3 heterocycles. The highest BCUT2D eigenvalue weighted by Gasteiger charge is 2.44. The number of rotatable bonds is 3. The number of aryl methyl sites for hydroxylation is 2. The van der Waals surface area contributed by atoms with E-state index in [0.29, 0.717) is 36.4 Å². The molecule has 1 aromatic carbocycles. The molecule has 164 valence electrons. The maximum absolute atomic E-state index is 12.9. The van der Waals surface area contributed by atoms with E-state index in [1.807, 2.05) is 33.0 Å². The minimum absolute atomic E-state index is 0.0380. The summed E-state index contributed by atoms with van der Waals surface area (Å²) in [7, 11) is 1.82. The molecule has 8 heteroatoms. The number of likely N-dealkylation sites (tertiary alicyclic amines) is 1. The first-order valence-electron chi connectivity index (χ1n) is 10.6. The number of fused-ring (bicyclic) bond motifs is 1. The number of carbonyl (C=O) groups excluding carboxylic acids is 3. The molecule has 4 rings (SSSR count). The van der Waals surface area contributed by atoms with Gasteiger partial charge in [0, 0.05) is 26.4 Å². The number of carbonyl (C=O) groups is 3. The van der Waals surface area contributed by atoms with Crippen molar-refractivity contribution < 1.29 is 19.1 Å². The Hall–Kier alpha value is -3.16. The van der Waals surface area contributed by atoms with Gasteiger partial charge in [0.2, 0.25) is 11.8 Å². The van der Waals surface area contributed by atoms with Crippen LogP contribution in [0, 0.1) is 13.8 Å². The Bertz CT molecular complexity index is 1060. The SMILES string of the molecule is Cc1nn(C)c(C)c1NC(=O)[C@@H](C)N1CC[C@]2(CCC1=O)CC(=O)c1ccccc1O2. The van der Waals surface area contributed by atoms with Crippen molar-refractivity contribution in [1.29, 1.82) is 0 Å². The molecule has 8 nitrogen and oxygen atoms in total. The fourth-order valence-corrected chi connectivity index (χ4v) is 4.51. The Kier molecular flexibility index (Phi) is 5.33. The van der Waals surface area contributed by atoms with Crippen molar-refractivity contribution >= 4 is 23.3 Å². The molecule has 0 saturated carbocycles. The lowest BCUT2D eigenvalue weighted by molar-refractivity contribution is -0.137. The van der Waals surface area contributed by atoms with Crippen LogP contribution in [0.3, 0.4) is 0 Å². The summed E-state index contributed by atoms with van der Waals surface area (Å²) in [5.74, 6) is 0.257. The number of nitrogens with zero attached hydrogens (tertiary/aromatic N) is 3. The van der Waals surface area contributed by atoms with Gasteiger partial charge in [-0.05, 0) is 39.3 Å². The van der Waals surface area contributed by atoms with Crippen LogP contribution in [0.2, 0.25) is 0 Å². The van der Waals surface area contributed by atoms with Crippen LogP contribution in [-0.2, 0) is 16.6 Å². The van der Waals surface area contributed by atoms with Crippen LogP contribution in [0.4, 0.5) is 5.69 Å². The summed E-state index contributed by atoms with van der Waals surface area (Å²) in [4.78, 5) is 40.1. The molecule has 0 radical (unpaired) electrons. The van der Waals surface area contributed by atoms with Crippen LogP contribution in [0.5, 0.6) is 5.75 Å². The van der Waals surface area contributed by atoms with Crippen LogP contribution in [0.15, 0.2) is 24.3 Å². The van der Waals surface area contributed by atoms with Gasteiger partial charge in [-0.1, -0.05) is 12.1 Å². The average Bonchev–Trinajstić information content (AvgIpc) is 2.88. The molecule has 2 aliphatic heterocycles. The highest BCUT2D eigenvalue weighted by atomic mass is 16.5. The Labute approximate surface area is 181 Å². The van der Waals surface area contributed by atoms with Gasteiger partial charge in [-0.15, -0.1) is 0 Å². The number of para-hydroxylation sites is 1. The summed E-state index contributed by atoms with van der Waals surface area (Å²) in [6.07, 6.45) is 1.44. The van der Waals surface area contributed by atoms with Crippen molar-refractivity contribution in [2.24, 2.45) is 7.05 Å². The number of nitrogens with one attached hydrogen (secondary N) is 1. The molecule has 2 amide bonds. The Morgan fingerprint density at radius 1 is 1.23 bits per heavy atom. The minimum Gasteiger partial charge on any atom is -0.486 e. The van der Waals surface area contributed by atoms with Crippen molar-refractivity contribution in [3.8, 4) is 5.75 Å². The van der Waals surface area contributed by atoms with Crippen molar-refractivity contribution in [2.45, 2.75) is 58.1 Å². The second kappa shape index (κ2) is 7.83. The summed E-state index contributed by atoms with van der Waals surface area (Å²) >= 11 is 0. The first kappa shape index (κ1) is 21.1. The van der Waals surface area contributed by atoms with Crippen LogP contribution in [-0.4, -0.2) is 50.5 Å². The summed E-state index contributed by atoms with van der Waals surface area (Å²) in [6, 6.07) is 6.59. The molecule has 1 N–H and O–H groups in total. The zero-order chi connectivity index (χ0) is 22.3. The van der Waals surface area contributed by atoms with E-state index in [0.717, 1.165) is 11.4 Å². The van der Waals surface area contributed by atoms with Gasteiger partial charge in [-0.2, -0.15) is 5.10 Å². The van der Waals surface area contributed by atoms with E-state index in [1.165, 1.54) is 0 Å². The third-order valence-electron chi connectivity index (χ3n) is 6.52. The smallest absolute Gasteiger partial charge is 0.246 e. The Morgan fingerprint density at radius 2 is 1.97 bits per heavy atom. The number of ether oxygens (including phenoxy) is 1. The molecule has 31 heavy (non-hydrogen) atoms. The summed E-state index contributed by atoms with van der Waals surface area (Å²) in [6.45, 7) is 5.81. The number of Topliss-reactive ketones (excluding diaryl/α,β-unsaturated/α-hetero) is 1. The first-order valence-corrected chi connectivity index (χ1v) is 10.6. The van der Waals surface area contributed by atoms with Crippen molar-refractivity contribution in [3.05, 3.63) is 41.2 Å². The Balaban J connectivity index is 1.49. The summed E-state index contributed by atoms with van der Waals surface area (Å²) in [5.41, 5.74) is 2.15. The van der Waals surface area contributed by atoms with E-state index in [1.54, 1.807) is 28.6 Å². The average molecular weight is 425 g/mol. The van der Waals surface area contributed by atoms with E-state index >= 15 is 0 Å². The third-order valence-corrected chi connectivity index (χ3v) is 6.52. The maximum atomic E-state index is 12.9. The number of hydrogen-bond acceptors (Lipinski definition) is 5. The fraction of sp³-hybridized carbons (Fsp3) is 0.478. The number of aromatic nitrogens is 2. The number of anilines is 1. The second-order valence-corrected chi connectivity index (χ2v) is 8.55. The molecular weight excluding hydrogens is 396 g/mol. The molecular formula is C23H28N4O4. The van der Waals surface area contributed by atoms with Gasteiger partial charge in [-0.25, -0.2) is 0 Å². The van der Waals surface area contributed by atoms with Gasteiger partial charge in [0.1, 0.15) is 17.4 Å². The molecule has 2 aromatic rings. The molecule has 0 unspecified atom stereocenters. The largest absolute Gasteiger partial charge is 0.486 e. The molecule has 1 fully saturated rings. The minimum atomic E-state index is -0.706. The van der Waals surface area contributed by atoms with Crippen molar-refractivity contribution in [1.82, 2.24) is 14.7 Å². The van der Waals surface area contributed by atoms with Gasteiger partial charge >= 0.3 is 0 Å². The number of ketones is 1. The van der Waals surface area contributed by atoms with Crippen LogP contribution >= 0.6 is 0 Å². The number of benzene rings is 1. The zero-order valence-electron chi connectivity index (χ0n) is 18.4. The lowest BCUT2D eigenvalue weighted by atomic mass is 9.84. The predicted molar refractivity (Wildman–Crippen MR) is 115 cm³/mol. The topological polar surface area (TPSA) is 93.5 Å². The quantitative estimate of drug-likeness (QED) is 0.818. The summed E-state index contributed by atoms with van der Waals surface area (Å²) < 4.78 is 7.98. The van der Waals surface area contributed by atoms with E-state index in [-0.39, 0.29) is 30.4 Å². The lowest BCUT2D eigenvalue weighted by Crippen LogP contribution is -2.47. The van der Waals surface area contributed by atoms with E-state index in [9.17, 15) is 14.4 Å². The van der Waals surface area contributed by atoms with E-state index in [2.05, 4.69) is 10.4 Å². The second-order valence-electron chi connectivity index (χ2n) is 8.55. The van der Waals surface area contributed by atoms with Crippen molar-refractivity contribution in [3.63, 3.8) is 0 Å². The Morgan fingerprint density at radius 3 is 2.68 bits per heavy atom.